The summed E-state index contributed by atoms with van der Waals surface area (Å²) in [5.41, 5.74) is 14.2. The molecule has 60 heavy (non-hydrogen) atoms. The highest BCUT2D eigenvalue weighted by Gasteiger charge is 2.36. The van der Waals surface area contributed by atoms with Crippen molar-refractivity contribution in [2.24, 2.45) is 0 Å². The highest BCUT2D eigenvalue weighted by atomic mass is 16.3. The van der Waals surface area contributed by atoms with Gasteiger partial charge in [0, 0.05) is 32.9 Å². The van der Waals surface area contributed by atoms with Gasteiger partial charge in [0.1, 0.15) is 11.2 Å². The summed E-state index contributed by atoms with van der Waals surface area (Å²) in [5, 5.41) is 6.74. The zero-order chi connectivity index (χ0) is 40.0. The number of nitrogens with zero attached hydrogens (tertiary/aromatic N) is 3. The molecule has 0 saturated heterocycles. The van der Waals surface area contributed by atoms with E-state index in [0.717, 1.165) is 71.5 Å². The van der Waals surface area contributed by atoms with Gasteiger partial charge in [-0.05, 0) is 96.4 Å². The lowest BCUT2D eigenvalue weighted by molar-refractivity contribution is 0.660. The molecule has 0 spiro atoms. The van der Waals surface area contributed by atoms with Crippen LogP contribution in [-0.2, 0) is 5.41 Å². The van der Waals surface area contributed by atoms with E-state index in [1.54, 1.807) is 0 Å². The summed E-state index contributed by atoms with van der Waals surface area (Å²) in [7, 11) is 0. The molecule has 282 valence electrons. The molecule has 0 radical (unpaired) electrons. The minimum atomic E-state index is -0.0930. The molecule has 4 nitrogen and oxygen atoms in total. The Hall–Kier alpha value is -7.69. The van der Waals surface area contributed by atoms with E-state index in [1.807, 2.05) is 12.1 Å². The quantitative estimate of drug-likeness (QED) is 0.164. The Morgan fingerprint density at radius 3 is 1.85 bits per heavy atom. The number of hydrogen-bond acceptors (Lipinski definition) is 4. The Morgan fingerprint density at radius 2 is 0.983 bits per heavy atom. The third-order valence-corrected chi connectivity index (χ3v) is 12.5. The largest absolute Gasteiger partial charge is 0.456 e. The maximum absolute atomic E-state index is 6.58. The molecule has 4 heteroatoms. The lowest BCUT2D eigenvalue weighted by Crippen LogP contribution is -2.14. The first-order valence-electron chi connectivity index (χ1n) is 20.5. The monoisotopic (exact) mass is 767 g/mol. The predicted molar refractivity (Wildman–Crippen MR) is 247 cm³/mol. The molecule has 1 aliphatic carbocycles. The molecule has 0 saturated carbocycles. The molecule has 9 aromatic carbocycles. The molecule has 0 unspecified atom stereocenters. The predicted octanol–water partition coefficient (Wildman–Crippen LogP) is 14.7. The number of fused-ring (bicyclic) bond motifs is 9. The fourth-order valence-corrected chi connectivity index (χ4v) is 9.64. The molecule has 0 fully saturated rings. The Labute approximate surface area is 347 Å². The van der Waals surface area contributed by atoms with Crippen LogP contribution in [0.3, 0.4) is 0 Å². The third kappa shape index (κ3) is 5.27. The number of rotatable bonds is 5. The summed E-state index contributed by atoms with van der Waals surface area (Å²) in [6, 6.07) is 66.6. The van der Waals surface area contributed by atoms with Gasteiger partial charge in [-0.1, -0.05) is 172 Å². The molecule has 0 atom stereocenters. The maximum Gasteiger partial charge on any atom is 0.164 e. The number of furan rings is 1. The third-order valence-electron chi connectivity index (χ3n) is 12.5. The van der Waals surface area contributed by atoms with Crippen molar-refractivity contribution < 1.29 is 4.42 Å². The van der Waals surface area contributed by atoms with Gasteiger partial charge in [-0.2, -0.15) is 0 Å². The van der Waals surface area contributed by atoms with E-state index in [1.165, 1.54) is 33.2 Å². The van der Waals surface area contributed by atoms with Gasteiger partial charge in [-0.3, -0.25) is 0 Å². The van der Waals surface area contributed by atoms with Crippen molar-refractivity contribution in [2.75, 3.05) is 0 Å². The second-order valence-corrected chi connectivity index (χ2v) is 16.3. The van der Waals surface area contributed by atoms with E-state index in [-0.39, 0.29) is 5.41 Å². The van der Waals surface area contributed by atoms with Crippen LogP contribution in [0.4, 0.5) is 0 Å². The second-order valence-electron chi connectivity index (χ2n) is 16.3. The molecule has 11 aromatic rings. The van der Waals surface area contributed by atoms with Crippen LogP contribution >= 0.6 is 0 Å². The van der Waals surface area contributed by atoms with Crippen molar-refractivity contribution >= 4 is 43.5 Å². The Morgan fingerprint density at radius 1 is 0.367 bits per heavy atom. The number of aromatic nitrogens is 3. The first kappa shape index (κ1) is 34.4. The molecule has 0 amide bonds. The van der Waals surface area contributed by atoms with Gasteiger partial charge < -0.3 is 4.42 Å². The lowest BCUT2D eigenvalue weighted by Gasteiger charge is -2.21. The van der Waals surface area contributed by atoms with Gasteiger partial charge in [0.25, 0.3) is 0 Å². The van der Waals surface area contributed by atoms with Gasteiger partial charge in [-0.15, -0.1) is 0 Å². The van der Waals surface area contributed by atoms with Crippen molar-refractivity contribution in [3.8, 4) is 67.5 Å². The van der Waals surface area contributed by atoms with Crippen LogP contribution in [0, 0.1) is 0 Å². The normalized spacial score (nSPS) is 13.0. The van der Waals surface area contributed by atoms with Crippen LogP contribution in [0.5, 0.6) is 0 Å². The van der Waals surface area contributed by atoms with Crippen LogP contribution in [0.15, 0.2) is 192 Å². The highest BCUT2D eigenvalue weighted by Crippen LogP contribution is 2.52. The average Bonchev–Trinajstić information content (AvgIpc) is 3.80. The summed E-state index contributed by atoms with van der Waals surface area (Å²) in [5.74, 6) is 1.81. The Bertz CT molecular complexity index is 3530. The van der Waals surface area contributed by atoms with E-state index in [9.17, 15) is 0 Å². The first-order chi connectivity index (χ1) is 29.5. The van der Waals surface area contributed by atoms with Crippen LogP contribution in [0.1, 0.15) is 25.0 Å². The SMILES string of the molecule is CC1(C)c2ccccc2-c2c(-c3cccc(-c4nc(-c5ccc6c(c5)oc5cccc(-c7ccccc7)c56)nc(-c5cc6ccccc6c6ccccc56)n4)c3)cccc21. The van der Waals surface area contributed by atoms with Crippen molar-refractivity contribution in [2.45, 2.75) is 19.3 Å². The zero-order valence-corrected chi connectivity index (χ0v) is 33.1. The van der Waals surface area contributed by atoms with Gasteiger partial charge in [0.05, 0.1) is 0 Å². The van der Waals surface area contributed by atoms with E-state index < -0.39 is 0 Å². The molecule has 0 aliphatic heterocycles. The molecular formula is C56H37N3O. The molecule has 1 aliphatic rings. The van der Waals surface area contributed by atoms with E-state index in [0.29, 0.717) is 17.5 Å². The topological polar surface area (TPSA) is 51.8 Å². The van der Waals surface area contributed by atoms with Crippen molar-refractivity contribution in [3.05, 3.63) is 199 Å². The van der Waals surface area contributed by atoms with Gasteiger partial charge >= 0.3 is 0 Å². The highest BCUT2D eigenvalue weighted by molar-refractivity contribution is 6.14. The van der Waals surface area contributed by atoms with E-state index in [2.05, 4.69) is 190 Å². The van der Waals surface area contributed by atoms with Crippen LogP contribution in [0.25, 0.3) is 111 Å². The van der Waals surface area contributed by atoms with Crippen molar-refractivity contribution in [3.63, 3.8) is 0 Å². The number of hydrogen-bond donors (Lipinski definition) is 0. The summed E-state index contributed by atoms with van der Waals surface area (Å²) in [6.45, 7) is 4.65. The zero-order valence-electron chi connectivity index (χ0n) is 33.1. The molecule has 0 bridgehead atoms. The Kier molecular flexibility index (Phi) is 7.54. The fourth-order valence-electron chi connectivity index (χ4n) is 9.64. The second kappa shape index (κ2) is 13.2. The molecule has 2 aromatic heterocycles. The molecule has 2 heterocycles. The molecule has 0 N–H and O–H groups in total. The average molecular weight is 768 g/mol. The Balaban J connectivity index is 1.07. The fraction of sp³-hybridized carbons (Fsp3) is 0.0536. The maximum atomic E-state index is 6.58. The summed E-state index contributed by atoms with van der Waals surface area (Å²) in [4.78, 5) is 15.9. The molecular weight excluding hydrogens is 731 g/mol. The van der Waals surface area contributed by atoms with Crippen LogP contribution in [-0.4, -0.2) is 15.0 Å². The summed E-state index contributed by atoms with van der Waals surface area (Å²) in [6.07, 6.45) is 0. The lowest BCUT2D eigenvalue weighted by atomic mass is 9.82. The van der Waals surface area contributed by atoms with Gasteiger partial charge in [0.2, 0.25) is 0 Å². The van der Waals surface area contributed by atoms with Crippen molar-refractivity contribution in [1.82, 2.24) is 15.0 Å². The smallest absolute Gasteiger partial charge is 0.164 e. The minimum Gasteiger partial charge on any atom is -0.456 e. The molecule has 12 rings (SSSR count). The standard InChI is InChI=1S/C56H37N3O/c1-56(2)47-26-11-10-23-44(47)51-41(24-13-27-48(51)56)35-18-12-19-37(31-35)53-57-54(59-55(58-53)46-32-36-17-6-7-20-39(36)42-21-8-9-22-43(42)46)38-29-30-45-50(33-38)60-49-28-14-25-40(52(45)49)34-15-4-3-5-16-34/h3-33H,1-2H3. The van der Waals surface area contributed by atoms with Gasteiger partial charge in [0.15, 0.2) is 17.5 Å². The van der Waals surface area contributed by atoms with E-state index >= 15 is 0 Å². The van der Waals surface area contributed by atoms with Gasteiger partial charge in [-0.25, -0.2) is 15.0 Å². The minimum absolute atomic E-state index is 0.0930. The van der Waals surface area contributed by atoms with Crippen molar-refractivity contribution in [1.29, 1.82) is 0 Å². The summed E-state index contributed by atoms with van der Waals surface area (Å²) >= 11 is 0. The van der Waals surface area contributed by atoms with E-state index in [4.69, 9.17) is 19.4 Å². The van der Waals surface area contributed by atoms with Crippen LogP contribution in [0.2, 0.25) is 0 Å². The summed E-state index contributed by atoms with van der Waals surface area (Å²) < 4.78 is 6.58. The van der Waals surface area contributed by atoms with Crippen LogP contribution < -0.4 is 0 Å². The first-order valence-corrected chi connectivity index (χ1v) is 20.5. The number of benzene rings is 9.